The Hall–Kier alpha value is -1.18. The molecule has 2 heterocycles. The first-order valence-corrected chi connectivity index (χ1v) is 9.78. The Morgan fingerprint density at radius 2 is 2.04 bits per heavy atom. The van der Waals surface area contributed by atoms with Crippen molar-refractivity contribution in [2.75, 3.05) is 32.1 Å². The molecule has 2 fully saturated rings. The first kappa shape index (κ1) is 16.7. The Balaban J connectivity index is 1.79. The zero-order valence-corrected chi connectivity index (χ0v) is 14.6. The van der Waals surface area contributed by atoms with Crippen molar-refractivity contribution in [1.82, 2.24) is 9.29 Å². The number of nitrogens with one attached hydrogen (secondary N) is 1. The van der Waals surface area contributed by atoms with Gasteiger partial charge >= 0.3 is 0 Å². The third kappa shape index (κ3) is 3.51. The van der Waals surface area contributed by atoms with Crippen molar-refractivity contribution in [3.8, 4) is 0 Å². The van der Waals surface area contributed by atoms with Crippen LogP contribution in [0.2, 0.25) is 0 Å². The van der Waals surface area contributed by atoms with Gasteiger partial charge in [0.15, 0.2) is 0 Å². The van der Waals surface area contributed by atoms with Crippen molar-refractivity contribution in [1.29, 1.82) is 0 Å². The summed E-state index contributed by atoms with van der Waals surface area (Å²) in [5.74, 6) is 0. The topological polar surface area (TPSA) is 71.5 Å². The van der Waals surface area contributed by atoms with E-state index in [9.17, 15) is 8.42 Å². The summed E-state index contributed by atoms with van der Waals surface area (Å²) in [6.07, 6.45) is 3.31. The van der Waals surface area contributed by atoms with E-state index in [4.69, 9.17) is 4.74 Å². The van der Waals surface area contributed by atoms with E-state index in [1.54, 1.807) is 4.31 Å². The average molecular weight is 339 g/mol. The number of pyridine rings is 1. The number of morpholine rings is 1. The molecule has 0 radical (unpaired) electrons. The molecular weight excluding hydrogens is 314 g/mol. The number of rotatable bonds is 4. The number of hydrogen-bond acceptors (Lipinski definition) is 5. The van der Waals surface area contributed by atoms with Gasteiger partial charge in [-0.3, -0.25) is 4.98 Å². The number of ether oxygens (including phenoxy) is 1. The van der Waals surface area contributed by atoms with E-state index in [0.29, 0.717) is 19.7 Å². The maximum absolute atomic E-state index is 12.8. The lowest BCUT2D eigenvalue weighted by molar-refractivity contribution is -0.00523. The van der Waals surface area contributed by atoms with Gasteiger partial charge in [0, 0.05) is 31.5 Å². The molecule has 1 aromatic rings. The monoisotopic (exact) mass is 339 g/mol. The second-order valence-electron chi connectivity index (χ2n) is 6.34. The second-order valence-corrected chi connectivity index (χ2v) is 8.55. The van der Waals surface area contributed by atoms with E-state index in [-0.39, 0.29) is 11.4 Å². The summed E-state index contributed by atoms with van der Waals surface area (Å²) in [7, 11) is -1.36. The van der Waals surface area contributed by atoms with Crippen LogP contribution in [-0.2, 0) is 14.8 Å². The van der Waals surface area contributed by atoms with Crippen LogP contribution in [0, 0.1) is 6.92 Å². The first-order chi connectivity index (χ1) is 11.0. The van der Waals surface area contributed by atoms with Crippen LogP contribution in [-0.4, -0.2) is 49.7 Å². The Labute approximate surface area is 138 Å². The first-order valence-electron chi connectivity index (χ1n) is 8.27. The Kier molecular flexibility index (Phi) is 4.89. The van der Waals surface area contributed by atoms with Crippen LogP contribution in [0.1, 0.15) is 43.2 Å². The van der Waals surface area contributed by atoms with E-state index < -0.39 is 10.0 Å². The third-order valence-corrected chi connectivity index (χ3v) is 7.07. The molecule has 3 rings (SSSR count). The fourth-order valence-corrected chi connectivity index (χ4v) is 5.46. The van der Waals surface area contributed by atoms with E-state index >= 15 is 0 Å². The van der Waals surface area contributed by atoms with Gasteiger partial charge in [-0.05, 0) is 31.9 Å². The molecule has 1 saturated carbocycles. The number of anilines is 1. The lowest BCUT2D eigenvalue weighted by atomic mass is 10.1. The summed E-state index contributed by atoms with van der Waals surface area (Å²) < 4.78 is 33.0. The summed E-state index contributed by atoms with van der Waals surface area (Å²) in [6, 6.07) is 3.89. The molecule has 6 nitrogen and oxygen atoms in total. The van der Waals surface area contributed by atoms with Crippen LogP contribution >= 0.6 is 0 Å². The normalized spacial score (nSPS) is 24.0. The SMILES string of the molecule is CNc1cc(C)nc([C@@H]2CN(S(=O)(=O)C3CCCC3)CCO2)c1. The highest BCUT2D eigenvalue weighted by atomic mass is 32.2. The van der Waals surface area contributed by atoms with Gasteiger partial charge < -0.3 is 10.1 Å². The summed E-state index contributed by atoms with van der Waals surface area (Å²) in [6.45, 7) is 3.15. The van der Waals surface area contributed by atoms with Gasteiger partial charge in [0.05, 0.1) is 17.6 Å². The largest absolute Gasteiger partial charge is 0.388 e. The van der Waals surface area contributed by atoms with Gasteiger partial charge in [0.25, 0.3) is 0 Å². The molecule has 1 aliphatic carbocycles. The number of aromatic nitrogens is 1. The number of sulfonamides is 1. The van der Waals surface area contributed by atoms with Crippen LogP contribution in [0.5, 0.6) is 0 Å². The number of nitrogens with zero attached hydrogens (tertiary/aromatic N) is 2. The highest BCUT2D eigenvalue weighted by Crippen LogP contribution is 2.31. The minimum absolute atomic E-state index is 0.209. The van der Waals surface area contributed by atoms with Crippen molar-refractivity contribution in [3.05, 3.63) is 23.5 Å². The summed E-state index contributed by atoms with van der Waals surface area (Å²) in [4.78, 5) is 4.53. The summed E-state index contributed by atoms with van der Waals surface area (Å²) in [5, 5.41) is 2.90. The molecule has 23 heavy (non-hydrogen) atoms. The van der Waals surface area contributed by atoms with Gasteiger partial charge in [-0.15, -0.1) is 0 Å². The summed E-state index contributed by atoms with van der Waals surface area (Å²) >= 11 is 0. The lowest BCUT2D eigenvalue weighted by Crippen LogP contribution is -2.45. The predicted octanol–water partition coefficient (Wildman–Crippen LogP) is 2.08. The molecule has 0 amide bonds. The molecule has 0 bridgehead atoms. The molecular formula is C16H25N3O3S. The Bertz CT molecular complexity index is 657. The maximum Gasteiger partial charge on any atom is 0.217 e. The van der Waals surface area contributed by atoms with Crippen molar-refractivity contribution >= 4 is 15.7 Å². The number of aryl methyl sites for hydroxylation is 1. The van der Waals surface area contributed by atoms with Crippen molar-refractivity contribution in [2.24, 2.45) is 0 Å². The molecule has 2 aliphatic rings. The zero-order chi connectivity index (χ0) is 16.4. The Morgan fingerprint density at radius 3 is 2.74 bits per heavy atom. The van der Waals surface area contributed by atoms with E-state index in [1.165, 1.54) is 0 Å². The smallest absolute Gasteiger partial charge is 0.217 e. The molecule has 1 aliphatic heterocycles. The zero-order valence-electron chi connectivity index (χ0n) is 13.8. The molecule has 7 heteroatoms. The van der Waals surface area contributed by atoms with Gasteiger partial charge in [0.1, 0.15) is 6.10 Å². The molecule has 1 saturated heterocycles. The minimum Gasteiger partial charge on any atom is -0.388 e. The predicted molar refractivity (Wildman–Crippen MR) is 90.0 cm³/mol. The van der Waals surface area contributed by atoms with E-state index in [1.807, 2.05) is 26.1 Å². The lowest BCUT2D eigenvalue weighted by Gasteiger charge is -2.33. The molecule has 0 spiro atoms. The van der Waals surface area contributed by atoms with Gasteiger partial charge in [0.2, 0.25) is 10.0 Å². The summed E-state index contributed by atoms with van der Waals surface area (Å²) in [5.41, 5.74) is 2.65. The van der Waals surface area contributed by atoms with Crippen LogP contribution in [0.4, 0.5) is 5.69 Å². The van der Waals surface area contributed by atoms with E-state index in [2.05, 4.69) is 10.3 Å². The molecule has 0 unspecified atom stereocenters. The average Bonchev–Trinajstić information content (AvgIpc) is 3.09. The minimum atomic E-state index is -3.22. The fraction of sp³-hybridized carbons (Fsp3) is 0.688. The standard InChI is InChI=1S/C16H25N3O3S/c1-12-9-13(17-2)10-15(18-12)16-11-19(7-8-22-16)23(20,21)14-5-3-4-6-14/h9-10,14,16H,3-8,11H2,1-2H3,(H,17,18)/t16-/m0/s1. The van der Waals surface area contributed by atoms with Crippen LogP contribution < -0.4 is 5.32 Å². The number of hydrogen-bond donors (Lipinski definition) is 1. The van der Waals surface area contributed by atoms with Gasteiger partial charge in [-0.2, -0.15) is 4.31 Å². The van der Waals surface area contributed by atoms with Crippen LogP contribution in [0.3, 0.4) is 0 Å². The Morgan fingerprint density at radius 1 is 1.30 bits per heavy atom. The highest BCUT2D eigenvalue weighted by Gasteiger charge is 2.37. The van der Waals surface area contributed by atoms with Crippen LogP contribution in [0.25, 0.3) is 0 Å². The van der Waals surface area contributed by atoms with E-state index in [0.717, 1.165) is 42.8 Å². The highest BCUT2D eigenvalue weighted by molar-refractivity contribution is 7.89. The molecule has 128 valence electrons. The van der Waals surface area contributed by atoms with Crippen LogP contribution in [0.15, 0.2) is 12.1 Å². The maximum atomic E-state index is 12.8. The molecule has 1 atom stereocenters. The van der Waals surface area contributed by atoms with Crippen molar-refractivity contribution < 1.29 is 13.2 Å². The molecule has 1 N–H and O–H groups in total. The van der Waals surface area contributed by atoms with Gasteiger partial charge in [-0.25, -0.2) is 8.42 Å². The molecule has 1 aromatic heterocycles. The second kappa shape index (κ2) is 6.75. The fourth-order valence-electron chi connectivity index (χ4n) is 3.44. The third-order valence-electron chi connectivity index (χ3n) is 4.70. The van der Waals surface area contributed by atoms with Crippen molar-refractivity contribution in [3.63, 3.8) is 0 Å². The van der Waals surface area contributed by atoms with Crippen molar-refractivity contribution in [2.45, 2.75) is 44.0 Å². The quantitative estimate of drug-likeness (QED) is 0.909. The molecule has 0 aromatic carbocycles. The van der Waals surface area contributed by atoms with Gasteiger partial charge in [-0.1, -0.05) is 12.8 Å².